The monoisotopic (exact) mass is 487 g/mol. The molecule has 2 aromatic rings. The number of carbonyl (C=O) groups excluding carboxylic acids is 4. The summed E-state index contributed by atoms with van der Waals surface area (Å²) < 4.78 is 5.18. The van der Waals surface area contributed by atoms with Crippen molar-refractivity contribution in [3.8, 4) is 5.75 Å². The van der Waals surface area contributed by atoms with Crippen molar-refractivity contribution in [1.29, 1.82) is 0 Å². The molecule has 0 saturated carbocycles. The Balaban J connectivity index is 1.35. The number of allylic oxidation sites excluding steroid dienone is 2. The molecular formula is C27H25N3O6. The molecule has 1 aliphatic carbocycles. The van der Waals surface area contributed by atoms with E-state index in [4.69, 9.17) is 4.74 Å². The first kappa shape index (κ1) is 23.5. The van der Waals surface area contributed by atoms with Crippen LogP contribution in [0.5, 0.6) is 5.75 Å². The van der Waals surface area contributed by atoms with E-state index in [0.29, 0.717) is 23.2 Å². The van der Waals surface area contributed by atoms with Crippen molar-refractivity contribution >= 4 is 35.4 Å². The SMILES string of the molecule is COc1ccc(C2CC(=O)C(C=Nc3cccc4c3CN(C3CCC(=O)NC3=O)C4=O)=C(O)C2)cc1. The molecule has 9 heteroatoms. The first-order valence-electron chi connectivity index (χ1n) is 11.8. The Bertz CT molecular complexity index is 1330. The summed E-state index contributed by atoms with van der Waals surface area (Å²) in [5, 5.41) is 12.9. The Labute approximate surface area is 207 Å². The van der Waals surface area contributed by atoms with Gasteiger partial charge in [0.05, 0.1) is 18.4 Å². The summed E-state index contributed by atoms with van der Waals surface area (Å²) in [7, 11) is 1.59. The second-order valence-corrected chi connectivity index (χ2v) is 9.12. The van der Waals surface area contributed by atoms with Crippen molar-refractivity contribution in [1.82, 2.24) is 10.2 Å². The van der Waals surface area contributed by atoms with Crippen molar-refractivity contribution in [2.45, 2.75) is 44.2 Å². The zero-order chi connectivity index (χ0) is 25.4. The van der Waals surface area contributed by atoms with E-state index in [1.807, 2.05) is 24.3 Å². The zero-order valence-corrected chi connectivity index (χ0v) is 19.7. The molecule has 2 atom stereocenters. The molecule has 0 bridgehead atoms. The van der Waals surface area contributed by atoms with E-state index in [2.05, 4.69) is 10.3 Å². The average Bonchev–Trinajstić information content (AvgIpc) is 3.20. The quantitative estimate of drug-likeness (QED) is 0.493. The third-order valence-electron chi connectivity index (χ3n) is 6.96. The van der Waals surface area contributed by atoms with Gasteiger partial charge in [-0.15, -0.1) is 0 Å². The molecule has 36 heavy (non-hydrogen) atoms. The molecule has 1 fully saturated rings. The smallest absolute Gasteiger partial charge is 0.255 e. The minimum absolute atomic E-state index is 0.0235. The van der Waals surface area contributed by atoms with Crippen molar-refractivity contribution in [3.63, 3.8) is 0 Å². The van der Waals surface area contributed by atoms with Crippen LogP contribution in [0.3, 0.4) is 0 Å². The van der Waals surface area contributed by atoms with E-state index in [1.54, 1.807) is 25.3 Å². The summed E-state index contributed by atoms with van der Waals surface area (Å²) in [6, 6.07) is 11.8. The number of aliphatic imine (C=N–C) groups is 1. The number of hydrogen-bond acceptors (Lipinski definition) is 7. The second kappa shape index (κ2) is 9.41. The number of benzene rings is 2. The molecule has 3 amide bonds. The predicted molar refractivity (Wildman–Crippen MR) is 130 cm³/mol. The fraction of sp³-hybridized carbons (Fsp3) is 0.296. The lowest BCUT2D eigenvalue weighted by Crippen LogP contribution is -2.52. The molecule has 2 N–H and O–H groups in total. The molecule has 2 aliphatic heterocycles. The number of methoxy groups -OCH3 is 1. The lowest BCUT2D eigenvalue weighted by molar-refractivity contribution is -0.137. The van der Waals surface area contributed by atoms with Gasteiger partial charge < -0.3 is 14.7 Å². The standard InChI is InChI=1S/C27H25N3O6/c1-36-17-7-5-15(6-8-17)16-11-23(31)19(24(32)12-16)13-28-21-4-2-3-18-20(21)14-30(27(18)35)22-9-10-25(33)29-26(22)34/h2-8,13,16,22,31H,9-12,14H2,1H3,(H,29,33,34). The number of amides is 3. The lowest BCUT2D eigenvalue weighted by atomic mass is 9.83. The summed E-state index contributed by atoms with van der Waals surface area (Å²) in [4.78, 5) is 55.6. The first-order chi connectivity index (χ1) is 17.4. The molecular weight excluding hydrogens is 462 g/mol. The number of Topliss-reactive ketones (excluding diaryl/α,β-unsaturated/α-hetero) is 1. The molecule has 1 saturated heterocycles. The molecule has 2 unspecified atom stereocenters. The summed E-state index contributed by atoms with van der Waals surface area (Å²) in [6.07, 6.45) is 2.36. The van der Waals surface area contributed by atoms with Gasteiger partial charge >= 0.3 is 0 Å². The zero-order valence-electron chi connectivity index (χ0n) is 19.7. The maximum Gasteiger partial charge on any atom is 0.255 e. The van der Waals surface area contributed by atoms with Crippen LogP contribution in [0.2, 0.25) is 0 Å². The topological polar surface area (TPSA) is 125 Å². The average molecular weight is 488 g/mol. The fourth-order valence-corrected chi connectivity index (χ4v) is 4.99. The van der Waals surface area contributed by atoms with Crippen molar-refractivity contribution in [3.05, 3.63) is 70.5 Å². The summed E-state index contributed by atoms with van der Waals surface area (Å²) in [6.45, 7) is 0.173. The van der Waals surface area contributed by atoms with Crippen molar-refractivity contribution in [2.24, 2.45) is 4.99 Å². The van der Waals surface area contributed by atoms with Crippen LogP contribution in [0, 0.1) is 0 Å². The second-order valence-electron chi connectivity index (χ2n) is 9.12. The van der Waals surface area contributed by atoms with Gasteiger partial charge in [-0.3, -0.25) is 29.5 Å². The maximum atomic E-state index is 13.0. The molecule has 2 aromatic carbocycles. The van der Waals surface area contributed by atoms with Crippen LogP contribution in [0.1, 0.15) is 53.1 Å². The van der Waals surface area contributed by atoms with Crippen LogP contribution < -0.4 is 10.1 Å². The fourth-order valence-electron chi connectivity index (χ4n) is 4.99. The molecule has 0 spiro atoms. The summed E-state index contributed by atoms with van der Waals surface area (Å²) in [5.74, 6) is -0.770. The Morgan fingerprint density at radius 3 is 2.56 bits per heavy atom. The number of imide groups is 1. The van der Waals surface area contributed by atoms with Gasteiger partial charge in [-0.25, -0.2) is 0 Å². The van der Waals surface area contributed by atoms with Gasteiger partial charge in [0.15, 0.2) is 5.78 Å². The minimum Gasteiger partial charge on any atom is -0.511 e. The van der Waals surface area contributed by atoms with Crippen molar-refractivity contribution < 1.29 is 29.0 Å². The Hall–Kier alpha value is -4.27. The van der Waals surface area contributed by atoms with Gasteiger partial charge in [0.2, 0.25) is 11.8 Å². The number of rotatable bonds is 5. The highest BCUT2D eigenvalue weighted by Gasteiger charge is 2.40. The van der Waals surface area contributed by atoms with Crippen LogP contribution >= 0.6 is 0 Å². The molecule has 5 rings (SSSR count). The Morgan fingerprint density at radius 1 is 1.08 bits per heavy atom. The van der Waals surface area contributed by atoms with Gasteiger partial charge in [0.25, 0.3) is 5.91 Å². The molecule has 184 valence electrons. The van der Waals surface area contributed by atoms with Crippen LogP contribution in [0.4, 0.5) is 5.69 Å². The van der Waals surface area contributed by atoms with E-state index in [9.17, 15) is 24.3 Å². The van der Waals surface area contributed by atoms with E-state index in [0.717, 1.165) is 11.3 Å². The highest BCUT2D eigenvalue weighted by molar-refractivity contribution is 6.15. The largest absolute Gasteiger partial charge is 0.511 e. The highest BCUT2D eigenvalue weighted by Crippen LogP contribution is 2.36. The third-order valence-corrected chi connectivity index (χ3v) is 6.96. The lowest BCUT2D eigenvalue weighted by Gasteiger charge is -2.29. The molecule has 3 aliphatic rings. The summed E-state index contributed by atoms with van der Waals surface area (Å²) >= 11 is 0. The van der Waals surface area contributed by atoms with Crippen LogP contribution in [0.15, 0.2) is 58.8 Å². The third kappa shape index (κ3) is 4.28. The Morgan fingerprint density at radius 2 is 1.86 bits per heavy atom. The predicted octanol–water partition coefficient (Wildman–Crippen LogP) is 3.12. The number of aliphatic hydroxyl groups excluding tert-OH is 1. The van der Waals surface area contributed by atoms with Gasteiger partial charge in [-0.05, 0) is 42.2 Å². The number of nitrogens with zero attached hydrogens (tertiary/aromatic N) is 2. The van der Waals surface area contributed by atoms with E-state index in [-0.39, 0.29) is 60.7 Å². The number of fused-ring (bicyclic) bond motifs is 1. The van der Waals surface area contributed by atoms with E-state index >= 15 is 0 Å². The van der Waals surface area contributed by atoms with Crippen LogP contribution in [-0.4, -0.2) is 52.9 Å². The first-order valence-corrected chi connectivity index (χ1v) is 11.8. The summed E-state index contributed by atoms with van der Waals surface area (Å²) in [5.41, 5.74) is 2.66. The molecule has 0 aromatic heterocycles. The maximum absolute atomic E-state index is 13.0. The number of carbonyl (C=O) groups is 4. The molecule has 0 radical (unpaired) electrons. The van der Waals surface area contributed by atoms with Gasteiger partial charge in [0, 0.05) is 43.1 Å². The van der Waals surface area contributed by atoms with Crippen LogP contribution in [0.25, 0.3) is 0 Å². The van der Waals surface area contributed by atoms with E-state index in [1.165, 1.54) is 11.1 Å². The minimum atomic E-state index is -0.721. The van der Waals surface area contributed by atoms with Crippen LogP contribution in [-0.2, 0) is 20.9 Å². The van der Waals surface area contributed by atoms with Crippen molar-refractivity contribution in [2.75, 3.05) is 7.11 Å². The number of hydrogen-bond donors (Lipinski definition) is 2. The normalized spacial score (nSPS) is 22.3. The van der Waals surface area contributed by atoms with Gasteiger partial charge in [-0.2, -0.15) is 0 Å². The van der Waals surface area contributed by atoms with E-state index < -0.39 is 11.9 Å². The number of ether oxygens (including phenoxy) is 1. The molecule has 9 nitrogen and oxygen atoms in total. The van der Waals surface area contributed by atoms with Gasteiger partial charge in [-0.1, -0.05) is 18.2 Å². The Kier molecular flexibility index (Phi) is 6.13. The number of aliphatic hydroxyl groups is 1. The highest BCUT2D eigenvalue weighted by atomic mass is 16.5. The number of nitrogens with one attached hydrogen (secondary N) is 1. The van der Waals surface area contributed by atoms with Gasteiger partial charge in [0.1, 0.15) is 17.6 Å². The number of piperidine rings is 1. The number of ketones is 1. The molecule has 2 heterocycles.